The van der Waals surface area contributed by atoms with Gasteiger partial charge in [-0.3, -0.25) is 9.88 Å². The molecule has 0 saturated heterocycles. The van der Waals surface area contributed by atoms with Crippen molar-refractivity contribution in [1.29, 1.82) is 0 Å². The van der Waals surface area contributed by atoms with Crippen LogP contribution in [0.3, 0.4) is 0 Å². The number of phenols is 1. The van der Waals surface area contributed by atoms with Crippen molar-refractivity contribution in [3.8, 4) is 5.75 Å². The van der Waals surface area contributed by atoms with Gasteiger partial charge in [0.2, 0.25) is 0 Å². The summed E-state index contributed by atoms with van der Waals surface area (Å²) in [6.07, 6.45) is 2.85. The minimum absolute atomic E-state index is 0.414. The summed E-state index contributed by atoms with van der Waals surface area (Å²) < 4.78 is 0. The maximum Gasteiger partial charge on any atom is 0.118 e. The van der Waals surface area contributed by atoms with Crippen molar-refractivity contribution < 1.29 is 5.11 Å². The molecule has 98 valence electrons. The molecule has 0 fully saturated rings. The second-order valence-electron chi connectivity index (χ2n) is 5.13. The largest absolute Gasteiger partial charge is 0.508 e. The van der Waals surface area contributed by atoms with Gasteiger partial charge in [-0.25, -0.2) is 0 Å². The van der Waals surface area contributed by atoms with Gasteiger partial charge in [-0.05, 0) is 48.2 Å². The zero-order valence-corrected chi connectivity index (χ0v) is 11.1. The zero-order valence-electron chi connectivity index (χ0n) is 11.1. The van der Waals surface area contributed by atoms with Crippen LogP contribution in [-0.4, -0.2) is 21.5 Å². The summed E-state index contributed by atoms with van der Waals surface area (Å²) in [5.74, 6) is 0.414. The number of pyridine rings is 1. The van der Waals surface area contributed by atoms with Gasteiger partial charge in [-0.1, -0.05) is 12.1 Å². The van der Waals surface area contributed by atoms with Gasteiger partial charge in [-0.2, -0.15) is 0 Å². The van der Waals surface area contributed by atoms with E-state index in [0.717, 1.165) is 37.3 Å². The summed E-state index contributed by atoms with van der Waals surface area (Å²) in [5.41, 5.74) is 4.80. The first-order valence-electron chi connectivity index (χ1n) is 6.66. The highest BCUT2D eigenvalue weighted by Gasteiger charge is 2.19. The van der Waals surface area contributed by atoms with E-state index in [-0.39, 0.29) is 0 Å². The Morgan fingerprint density at radius 3 is 2.95 bits per heavy atom. The number of fused-ring (bicyclic) bond motifs is 1. The minimum Gasteiger partial charge on any atom is -0.508 e. The highest BCUT2D eigenvalue weighted by atomic mass is 16.3. The standard InChI is InChI=1S/C16H18N2O/c1-12-15-7-9-18(10-13(15)5-6-16(12)19)11-14-4-2-3-8-17-14/h2-6,8,19H,7,9-11H2,1H3. The molecule has 1 aliphatic heterocycles. The maximum absolute atomic E-state index is 9.75. The van der Waals surface area contributed by atoms with Crippen molar-refractivity contribution in [1.82, 2.24) is 9.88 Å². The molecule has 2 aromatic rings. The van der Waals surface area contributed by atoms with E-state index in [1.165, 1.54) is 11.1 Å². The Bertz CT molecular complexity index is 581. The number of phenolic OH excluding ortho intramolecular Hbond substituents is 1. The summed E-state index contributed by atoms with van der Waals surface area (Å²) in [4.78, 5) is 6.78. The molecule has 0 aliphatic carbocycles. The molecule has 0 saturated carbocycles. The molecule has 0 atom stereocenters. The lowest BCUT2D eigenvalue weighted by Gasteiger charge is -2.29. The number of hydrogen-bond acceptors (Lipinski definition) is 3. The van der Waals surface area contributed by atoms with Gasteiger partial charge >= 0.3 is 0 Å². The van der Waals surface area contributed by atoms with Crippen LogP contribution in [0.15, 0.2) is 36.5 Å². The predicted octanol–water partition coefficient (Wildman–Crippen LogP) is 2.65. The molecule has 1 aliphatic rings. The highest BCUT2D eigenvalue weighted by molar-refractivity contribution is 5.44. The summed E-state index contributed by atoms with van der Waals surface area (Å²) in [5, 5.41) is 9.75. The normalized spacial score (nSPS) is 15.2. The minimum atomic E-state index is 0.414. The molecule has 0 radical (unpaired) electrons. The van der Waals surface area contributed by atoms with Gasteiger partial charge in [0, 0.05) is 25.8 Å². The van der Waals surface area contributed by atoms with Crippen LogP contribution in [0.1, 0.15) is 22.4 Å². The molecule has 1 aromatic carbocycles. The third kappa shape index (κ3) is 2.47. The van der Waals surface area contributed by atoms with Crippen LogP contribution in [0.4, 0.5) is 0 Å². The smallest absolute Gasteiger partial charge is 0.118 e. The predicted molar refractivity (Wildman–Crippen MR) is 74.9 cm³/mol. The molecule has 0 amide bonds. The fourth-order valence-electron chi connectivity index (χ4n) is 2.74. The van der Waals surface area contributed by atoms with Crippen molar-refractivity contribution in [2.45, 2.75) is 26.4 Å². The Balaban J connectivity index is 1.78. The van der Waals surface area contributed by atoms with Gasteiger partial charge in [-0.15, -0.1) is 0 Å². The maximum atomic E-state index is 9.75. The van der Waals surface area contributed by atoms with Crippen LogP contribution in [0.25, 0.3) is 0 Å². The average molecular weight is 254 g/mol. The van der Waals surface area contributed by atoms with E-state index in [2.05, 4.69) is 16.0 Å². The molecule has 1 N–H and O–H groups in total. The average Bonchev–Trinajstić information content (AvgIpc) is 2.44. The topological polar surface area (TPSA) is 36.4 Å². The van der Waals surface area contributed by atoms with Crippen LogP contribution in [0.5, 0.6) is 5.75 Å². The van der Waals surface area contributed by atoms with Crippen molar-refractivity contribution in [2.75, 3.05) is 6.54 Å². The van der Waals surface area contributed by atoms with Crippen molar-refractivity contribution in [3.05, 3.63) is 58.9 Å². The molecule has 2 heterocycles. The van der Waals surface area contributed by atoms with Gasteiger partial charge < -0.3 is 5.11 Å². The van der Waals surface area contributed by atoms with Gasteiger partial charge in [0.05, 0.1) is 5.69 Å². The van der Waals surface area contributed by atoms with Gasteiger partial charge in [0.15, 0.2) is 0 Å². The molecule has 19 heavy (non-hydrogen) atoms. The zero-order chi connectivity index (χ0) is 13.2. The first-order valence-corrected chi connectivity index (χ1v) is 6.66. The van der Waals surface area contributed by atoms with E-state index in [9.17, 15) is 5.11 Å². The molecule has 3 rings (SSSR count). The SMILES string of the molecule is Cc1c(O)ccc2c1CCN(Cc1ccccn1)C2. The summed E-state index contributed by atoms with van der Waals surface area (Å²) in [6.45, 7) is 4.85. The lowest BCUT2D eigenvalue weighted by atomic mass is 9.94. The first kappa shape index (κ1) is 12.2. The second-order valence-corrected chi connectivity index (χ2v) is 5.13. The van der Waals surface area contributed by atoms with Gasteiger partial charge in [0.1, 0.15) is 5.75 Å². The summed E-state index contributed by atoms with van der Waals surface area (Å²) in [7, 11) is 0. The van der Waals surface area contributed by atoms with Crippen LogP contribution in [-0.2, 0) is 19.5 Å². The molecule has 3 heteroatoms. The summed E-state index contributed by atoms with van der Waals surface area (Å²) in [6, 6.07) is 9.89. The van der Waals surface area contributed by atoms with Crippen molar-refractivity contribution >= 4 is 0 Å². The quantitative estimate of drug-likeness (QED) is 0.895. The number of nitrogens with zero attached hydrogens (tertiary/aromatic N) is 2. The Morgan fingerprint density at radius 2 is 2.16 bits per heavy atom. The third-order valence-electron chi connectivity index (χ3n) is 3.85. The van der Waals surface area contributed by atoms with Gasteiger partial charge in [0.25, 0.3) is 0 Å². The molecule has 0 unspecified atom stereocenters. The molecule has 0 bridgehead atoms. The molecule has 0 spiro atoms. The van der Waals surface area contributed by atoms with E-state index in [0.29, 0.717) is 5.75 Å². The number of rotatable bonds is 2. The Hall–Kier alpha value is -1.87. The van der Waals surface area contributed by atoms with E-state index < -0.39 is 0 Å². The lowest BCUT2D eigenvalue weighted by molar-refractivity contribution is 0.242. The molecular weight excluding hydrogens is 236 g/mol. The molecule has 3 nitrogen and oxygen atoms in total. The van der Waals surface area contributed by atoms with E-state index in [1.54, 1.807) is 6.07 Å². The summed E-state index contributed by atoms with van der Waals surface area (Å²) >= 11 is 0. The van der Waals surface area contributed by atoms with Crippen LogP contribution >= 0.6 is 0 Å². The molecule has 1 aromatic heterocycles. The third-order valence-corrected chi connectivity index (χ3v) is 3.85. The number of aromatic hydroxyl groups is 1. The van der Waals surface area contributed by atoms with E-state index in [4.69, 9.17) is 0 Å². The van der Waals surface area contributed by atoms with Crippen LogP contribution < -0.4 is 0 Å². The lowest BCUT2D eigenvalue weighted by Crippen LogP contribution is -2.30. The number of aromatic nitrogens is 1. The second kappa shape index (κ2) is 5.02. The van der Waals surface area contributed by atoms with Crippen LogP contribution in [0, 0.1) is 6.92 Å². The van der Waals surface area contributed by atoms with E-state index >= 15 is 0 Å². The Kier molecular flexibility index (Phi) is 3.22. The highest BCUT2D eigenvalue weighted by Crippen LogP contribution is 2.28. The first-order chi connectivity index (χ1) is 9.24. The van der Waals surface area contributed by atoms with Crippen molar-refractivity contribution in [3.63, 3.8) is 0 Å². The number of hydrogen-bond donors (Lipinski definition) is 1. The van der Waals surface area contributed by atoms with E-state index in [1.807, 2.05) is 31.3 Å². The monoisotopic (exact) mass is 254 g/mol. The molecular formula is C16H18N2O. The Morgan fingerprint density at radius 1 is 1.26 bits per heavy atom. The Labute approximate surface area is 113 Å². The van der Waals surface area contributed by atoms with Crippen LogP contribution in [0.2, 0.25) is 0 Å². The fourth-order valence-corrected chi connectivity index (χ4v) is 2.74. The van der Waals surface area contributed by atoms with Crippen molar-refractivity contribution in [2.24, 2.45) is 0 Å². The number of benzene rings is 1. The fraction of sp³-hybridized carbons (Fsp3) is 0.312.